The highest BCUT2D eigenvalue weighted by Gasteiger charge is 2.31. The molecule has 2 rings (SSSR count). The van der Waals surface area contributed by atoms with E-state index in [1.54, 1.807) is 0 Å². The van der Waals surface area contributed by atoms with Gasteiger partial charge in [0.05, 0.1) is 10.5 Å². The lowest BCUT2D eigenvalue weighted by Gasteiger charge is -2.23. The van der Waals surface area contributed by atoms with Gasteiger partial charge in [-0.2, -0.15) is 0 Å². The second-order valence-electron chi connectivity index (χ2n) is 6.54. The molecule has 0 aliphatic heterocycles. The summed E-state index contributed by atoms with van der Waals surface area (Å²) in [5.74, 6) is -2.14. The van der Waals surface area contributed by atoms with Crippen molar-refractivity contribution in [3.63, 3.8) is 0 Å². The van der Waals surface area contributed by atoms with Crippen LogP contribution in [-0.2, 0) is 19.4 Å². The number of nitrogens with one attached hydrogen (secondary N) is 2. The van der Waals surface area contributed by atoms with Gasteiger partial charge in [-0.25, -0.2) is 13.2 Å². The summed E-state index contributed by atoms with van der Waals surface area (Å²) >= 11 is 0. The van der Waals surface area contributed by atoms with Gasteiger partial charge in [0.15, 0.2) is 9.84 Å². The molecule has 142 valence electrons. The number of hydrogen-bond donors (Lipinski definition) is 3. The Morgan fingerprint density at radius 3 is 2.27 bits per heavy atom. The lowest BCUT2D eigenvalue weighted by molar-refractivity contribution is -0.126. The van der Waals surface area contributed by atoms with Crippen molar-refractivity contribution in [1.29, 1.82) is 0 Å². The molecular weight excluding hydrogens is 360 g/mol. The molecule has 0 heterocycles. The van der Waals surface area contributed by atoms with Crippen molar-refractivity contribution in [2.24, 2.45) is 5.92 Å². The molecule has 9 heteroatoms. The number of sulfone groups is 1. The number of carbonyl (C=O) groups excluding carboxylic acids is 2. The van der Waals surface area contributed by atoms with E-state index in [2.05, 4.69) is 10.6 Å². The molecule has 0 bridgehead atoms. The fraction of sp³-hybridized carbons (Fsp3) is 0.471. The second kappa shape index (κ2) is 7.86. The van der Waals surface area contributed by atoms with Crippen LogP contribution in [0.25, 0.3) is 0 Å². The SMILES string of the molecule is CC(=O)NC(C(=O)Nc1cc(C(=O)O)cc(S(C)(=O)=O)c1)C1CCCC1. The van der Waals surface area contributed by atoms with Crippen molar-refractivity contribution in [3.05, 3.63) is 23.8 Å². The third-order valence-electron chi connectivity index (χ3n) is 4.36. The predicted octanol–water partition coefficient (Wildman–Crippen LogP) is 1.42. The summed E-state index contributed by atoms with van der Waals surface area (Å²) < 4.78 is 23.5. The van der Waals surface area contributed by atoms with E-state index in [0.717, 1.165) is 38.0 Å². The van der Waals surface area contributed by atoms with Gasteiger partial charge in [0, 0.05) is 18.9 Å². The normalized spacial score (nSPS) is 16.1. The smallest absolute Gasteiger partial charge is 0.335 e. The first-order valence-corrected chi connectivity index (χ1v) is 10.1. The molecule has 3 N–H and O–H groups in total. The van der Waals surface area contributed by atoms with Crippen molar-refractivity contribution >= 4 is 33.3 Å². The molecule has 1 atom stereocenters. The number of amides is 2. The minimum atomic E-state index is -3.66. The van der Waals surface area contributed by atoms with Crippen LogP contribution in [0.5, 0.6) is 0 Å². The van der Waals surface area contributed by atoms with Crippen LogP contribution in [0.2, 0.25) is 0 Å². The standard InChI is InChI=1S/C17H22N2O6S/c1-10(20)18-15(11-5-3-4-6-11)16(21)19-13-7-12(17(22)23)8-14(9-13)26(2,24)25/h7-9,11,15H,3-6H2,1-2H3,(H,18,20)(H,19,21)(H,22,23). The summed E-state index contributed by atoms with van der Waals surface area (Å²) in [6.07, 6.45) is 4.52. The molecule has 1 aliphatic rings. The van der Waals surface area contributed by atoms with Gasteiger partial charge in [-0.05, 0) is 37.0 Å². The fourth-order valence-electron chi connectivity index (χ4n) is 3.14. The first-order chi connectivity index (χ1) is 12.1. The number of carboxylic acids is 1. The average Bonchev–Trinajstić information content (AvgIpc) is 3.05. The Kier molecular flexibility index (Phi) is 6.01. The Morgan fingerprint density at radius 2 is 1.77 bits per heavy atom. The number of anilines is 1. The number of rotatable bonds is 6. The third-order valence-corrected chi connectivity index (χ3v) is 5.45. The van der Waals surface area contributed by atoms with E-state index < -0.39 is 27.8 Å². The lowest BCUT2D eigenvalue weighted by atomic mass is 9.97. The van der Waals surface area contributed by atoms with E-state index in [4.69, 9.17) is 5.11 Å². The van der Waals surface area contributed by atoms with E-state index in [1.807, 2.05) is 0 Å². The average molecular weight is 382 g/mol. The zero-order chi connectivity index (χ0) is 19.5. The summed E-state index contributed by atoms with van der Waals surface area (Å²) in [5, 5.41) is 14.4. The van der Waals surface area contributed by atoms with Crippen molar-refractivity contribution in [1.82, 2.24) is 5.32 Å². The molecule has 1 saturated carbocycles. The van der Waals surface area contributed by atoms with Crippen molar-refractivity contribution in [3.8, 4) is 0 Å². The molecule has 1 fully saturated rings. The summed E-state index contributed by atoms with van der Waals surface area (Å²) in [4.78, 5) is 35.1. The highest BCUT2D eigenvalue weighted by atomic mass is 32.2. The molecule has 1 aliphatic carbocycles. The van der Waals surface area contributed by atoms with Gasteiger partial charge in [0.25, 0.3) is 0 Å². The van der Waals surface area contributed by atoms with E-state index in [9.17, 15) is 22.8 Å². The summed E-state index contributed by atoms with van der Waals surface area (Å²) in [6, 6.07) is 2.69. The molecule has 0 aromatic heterocycles. The fourth-order valence-corrected chi connectivity index (χ4v) is 3.82. The number of hydrogen-bond acceptors (Lipinski definition) is 5. The lowest BCUT2D eigenvalue weighted by Crippen LogP contribution is -2.47. The highest BCUT2D eigenvalue weighted by molar-refractivity contribution is 7.90. The minimum absolute atomic E-state index is 0.00376. The van der Waals surface area contributed by atoms with Crippen molar-refractivity contribution in [2.75, 3.05) is 11.6 Å². The predicted molar refractivity (Wildman–Crippen MR) is 94.7 cm³/mol. The zero-order valence-electron chi connectivity index (χ0n) is 14.6. The van der Waals surface area contributed by atoms with Crippen molar-refractivity contribution in [2.45, 2.75) is 43.5 Å². The van der Waals surface area contributed by atoms with E-state index in [1.165, 1.54) is 19.1 Å². The maximum atomic E-state index is 12.7. The molecule has 1 aromatic carbocycles. The van der Waals surface area contributed by atoms with Crippen LogP contribution in [0.1, 0.15) is 43.0 Å². The molecule has 1 unspecified atom stereocenters. The Morgan fingerprint density at radius 1 is 1.15 bits per heavy atom. The molecule has 1 aromatic rings. The molecular formula is C17H22N2O6S. The summed E-state index contributed by atoms with van der Waals surface area (Å²) in [7, 11) is -3.66. The first-order valence-electron chi connectivity index (χ1n) is 8.24. The summed E-state index contributed by atoms with van der Waals surface area (Å²) in [6.45, 7) is 1.32. The largest absolute Gasteiger partial charge is 0.478 e. The minimum Gasteiger partial charge on any atom is -0.478 e. The van der Waals surface area contributed by atoms with Gasteiger partial charge in [0.2, 0.25) is 11.8 Å². The Hall–Kier alpha value is -2.42. The van der Waals surface area contributed by atoms with E-state index in [-0.39, 0.29) is 28.0 Å². The van der Waals surface area contributed by atoms with Crippen LogP contribution < -0.4 is 10.6 Å². The number of aromatic carboxylic acids is 1. The van der Waals surface area contributed by atoms with Gasteiger partial charge < -0.3 is 15.7 Å². The van der Waals surface area contributed by atoms with Gasteiger partial charge in [0.1, 0.15) is 6.04 Å². The maximum absolute atomic E-state index is 12.7. The third kappa shape index (κ3) is 5.04. The van der Waals surface area contributed by atoms with Crippen LogP contribution in [0.15, 0.2) is 23.1 Å². The van der Waals surface area contributed by atoms with Crippen LogP contribution in [0, 0.1) is 5.92 Å². The monoisotopic (exact) mass is 382 g/mol. The second-order valence-corrected chi connectivity index (χ2v) is 8.55. The first kappa shape index (κ1) is 19.9. The van der Waals surface area contributed by atoms with Gasteiger partial charge in [-0.1, -0.05) is 12.8 Å². The molecule has 26 heavy (non-hydrogen) atoms. The zero-order valence-corrected chi connectivity index (χ0v) is 15.4. The molecule has 0 saturated heterocycles. The van der Waals surface area contributed by atoms with E-state index >= 15 is 0 Å². The van der Waals surface area contributed by atoms with Crippen molar-refractivity contribution < 1.29 is 27.9 Å². The molecule has 2 amide bonds. The Balaban J connectivity index is 2.32. The maximum Gasteiger partial charge on any atom is 0.335 e. The highest BCUT2D eigenvalue weighted by Crippen LogP contribution is 2.29. The van der Waals surface area contributed by atoms with Crippen LogP contribution in [0.4, 0.5) is 5.69 Å². The molecule has 0 radical (unpaired) electrons. The van der Waals surface area contributed by atoms with Crippen LogP contribution in [-0.4, -0.2) is 43.6 Å². The Bertz CT molecular complexity index is 828. The Labute approximate surface area is 151 Å². The van der Waals surface area contributed by atoms with Crippen LogP contribution >= 0.6 is 0 Å². The quantitative estimate of drug-likeness (QED) is 0.682. The molecule has 0 spiro atoms. The van der Waals surface area contributed by atoms with Gasteiger partial charge in [-0.3, -0.25) is 9.59 Å². The van der Waals surface area contributed by atoms with Crippen LogP contribution in [0.3, 0.4) is 0 Å². The van der Waals surface area contributed by atoms with Gasteiger partial charge >= 0.3 is 5.97 Å². The number of benzene rings is 1. The topological polar surface area (TPSA) is 130 Å². The number of carbonyl (C=O) groups is 3. The number of carboxylic acid groups (broad SMARTS) is 1. The summed E-state index contributed by atoms with van der Waals surface area (Å²) in [5.41, 5.74) is -0.191. The van der Waals surface area contributed by atoms with E-state index in [0.29, 0.717) is 0 Å². The molecule has 8 nitrogen and oxygen atoms in total. The van der Waals surface area contributed by atoms with Gasteiger partial charge in [-0.15, -0.1) is 0 Å².